The lowest BCUT2D eigenvalue weighted by Gasteiger charge is -2.16. The Morgan fingerprint density at radius 2 is 2.14 bits per heavy atom. The standard InChI is InChI=1S/C12H16F3N3O3S/c13-12(14,15)8-21-11-2-1-10(6-17-11)22(19,20)18-4-3-9(5-16)7-18/h1-2,6,9H,3-5,7-8,16H2. The largest absolute Gasteiger partial charge is 0.468 e. The normalized spacial score (nSPS) is 20.3. The van der Waals surface area contributed by atoms with Crippen LogP contribution in [-0.2, 0) is 10.0 Å². The number of hydrogen-bond donors (Lipinski definition) is 1. The Kier molecular flexibility index (Phi) is 4.93. The van der Waals surface area contributed by atoms with Gasteiger partial charge in [0.05, 0.1) is 6.20 Å². The molecule has 1 atom stereocenters. The van der Waals surface area contributed by atoms with Crippen LogP contribution in [0.1, 0.15) is 6.42 Å². The van der Waals surface area contributed by atoms with Crippen LogP contribution >= 0.6 is 0 Å². The monoisotopic (exact) mass is 339 g/mol. The van der Waals surface area contributed by atoms with E-state index >= 15 is 0 Å². The van der Waals surface area contributed by atoms with E-state index in [2.05, 4.69) is 9.72 Å². The Hall–Kier alpha value is -1.39. The molecule has 0 aliphatic carbocycles. The van der Waals surface area contributed by atoms with E-state index < -0.39 is 22.8 Å². The summed E-state index contributed by atoms with van der Waals surface area (Å²) < 4.78 is 66.5. The van der Waals surface area contributed by atoms with Gasteiger partial charge in [-0.1, -0.05) is 0 Å². The molecule has 0 spiro atoms. The number of aromatic nitrogens is 1. The van der Waals surface area contributed by atoms with Crippen molar-refractivity contribution in [3.05, 3.63) is 18.3 Å². The lowest BCUT2D eigenvalue weighted by molar-refractivity contribution is -0.154. The quantitative estimate of drug-likeness (QED) is 0.865. The van der Waals surface area contributed by atoms with Crippen LogP contribution in [0.2, 0.25) is 0 Å². The van der Waals surface area contributed by atoms with Crippen molar-refractivity contribution in [2.75, 3.05) is 26.2 Å². The fourth-order valence-electron chi connectivity index (χ4n) is 2.12. The van der Waals surface area contributed by atoms with Crippen LogP contribution in [0, 0.1) is 5.92 Å². The van der Waals surface area contributed by atoms with Crippen molar-refractivity contribution in [1.29, 1.82) is 0 Å². The lowest BCUT2D eigenvalue weighted by Crippen LogP contribution is -2.30. The first-order valence-electron chi connectivity index (χ1n) is 6.58. The molecule has 1 unspecified atom stereocenters. The summed E-state index contributed by atoms with van der Waals surface area (Å²) in [4.78, 5) is 3.53. The lowest BCUT2D eigenvalue weighted by atomic mass is 10.1. The second-order valence-electron chi connectivity index (χ2n) is 4.99. The van der Waals surface area contributed by atoms with Gasteiger partial charge < -0.3 is 10.5 Å². The van der Waals surface area contributed by atoms with Gasteiger partial charge in [-0.3, -0.25) is 0 Å². The van der Waals surface area contributed by atoms with Crippen LogP contribution in [0.3, 0.4) is 0 Å². The Bertz CT molecular complexity index is 604. The Morgan fingerprint density at radius 1 is 1.41 bits per heavy atom. The SMILES string of the molecule is NCC1CCN(S(=O)(=O)c2ccc(OCC(F)(F)F)nc2)C1. The van der Waals surface area contributed by atoms with Gasteiger partial charge in [-0.25, -0.2) is 13.4 Å². The van der Waals surface area contributed by atoms with E-state index in [-0.39, 0.29) is 16.7 Å². The number of hydrogen-bond acceptors (Lipinski definition) is 5. The van der Waals surface area contributed by atoms with Crippen LogP contribution in [0.4, 0.5) is 13.2 Å². The highest BCUT2D eigenvalue weighted by Crippen LogP contribution is 2.24. The maximum atomic E-state index is 12.3. The number of halogens is 3. The summed E-state index contributed by atoms with van der Waals surface area (Å²) in [5.74, 6) is -0.158. The molecule has 0 aromatic carbocycles. The first-order chi connectivity index (χ1) is 10.2. The van der Waals surface area contributed by atoms with Crippen LogP contribution in [0.25, 0.3) is 0 Å². The second kappa shape index (κ2) is 6.39. The molecule has 1 fully saturated rings. The molecule has 124 valence electrons. The van der Waals surface area contributed by atoms with Crippen LogP contribution in [0.5, 0.6) is 5.88 Å². The predicted molar refractivity (Wildman–Crippen MR) is 71.7 cm³/mol. The second-order valence-corrected chi connectivity index (χ2v) is 6.93. The molecule has 0 bridgehead atoms. The summed E-state index contributed by atoms with van der Waals surface area (Å²) in [5, 5.41) is 0. The molecule has 1 saturated heterocycles. The smallest absolute Gasteiger partial charge is 0.422 e. The molecule has 1 aliphatic heterocycles. The first-order valence-corrected chi connectivity index (χ1v) is 8.02. The van der Waals surface area contributed by atoms with Gasteiger partial charge >= 0.3 is 6.18 Å². The Balaban J connectivity index is 2.06. The average Bonchev–Trinajstić information content (AvgIpc) is 2.94. The minimum Gasteiger partial charge on any atom is -0.468 e. The van der Waals surface area contributed by atoms with Gasteiger partial charge in [0, 0.05) is 19.2 Å². The molecule has 2 heterocycles. The van der Waals surface area contributed by atoms with Crippen molar-refractivity contribution < 1.29 is 26.3 Å². The van der Waals surface area contributed by atoms with E-state index in [1.165, 1.54) is 10.4 Å². The molecule has 1 aromatic rings. The van der Waals surface area contributed by atoms with Crippen molar-refractivity contribution >= 4 is 10.0 Å². The number of nitrogens with zero attached hydrogens (tertiary/aromatic N) is 2. The van der Waals surface area contributed by atoms with Gasteiger partial charge in [-0.15, -0.1) is 0 Å². The first kappa shape index (κ1) is 17.0. The van der Waals surface area contributed by atoms with Crippen molar-refractivity contribution in [3.63, 3.8) is 0 Å². The van der Waals surface area contributed by atoms with E-state index in [1.807, 2.05) is 0 Å². The number of pyridine rings is 1. The third kappa shape index (κ3) is 4.08. The highest BCUT2D eigenvalue weighted by atomic mass is 32.2. The molecular weight excluding hydrogens is 323 g/mol. The zero-order chi connectivity index (χ0) is 16.4. The molecule has 6 nitrogen and oxygen atoms in total. The third-order valence-corrected chi connectivity index (χ3v) is 5.16. The van der Waals surface area contributed by atoms with Gasteiger partial charge in [-0.2, -0.15) is 17.5 Å². The molecule has 0 saturated carbocycles. The zero-order valence-corrected chi connectivity index (χ0v) is 12.4. The van der Waals surface area contributed by atoms with E-state index in [0.717, 1.165) is 12.3 Å². The van der Waals surface area contributed by atoms with E-state index in [1.54, 1.807) is 0 Å². The van der Waals surface area contributed by atoms with Gasteiger partial charge in [-0.05, 0) is 24.9 Å². The molecule has 10 heteroatoms. The van der Waals surface area contributed by atoms with Crippen LogP contribution < -0.4 is 10.5 Å². The van der Waals surface area contributed by atoms with Gasteiger partial charge in [0.15, 0.2) is 6.61 Å². The van der Waals surface area contributed by atoms with Gasteiger partial charge in [0.25, 0.3) is 0 Å². The summed E-state index contributed by atoms with van der Waals surface area (Å²) in [6, 6.07) is 2.29. The molecule has 0 radical (unpaired) electrons. The fourth-order valence-corrected chi connectivity index (χ4v) is 3.59. The molecule has 2 rings (SSSR count). The van der Waals surface area contributed by atoms with E-state index in [4.69, 9.17) is 5.73 Å². The predicted octanol–water partition coefficient (Wildman–Crippen LogP) is 0.992. The minimum absolute atomic E-state index is 0.0791. The topological polar surface area (TPSA) is 85.5 Å². The third-order valence-electron chi connectivity index (χ3n) is 3.31. The highest BCUT2D eigenvalue weighted by molar-refractivity contribution is 7.89. The molecule has 1 aromatic heterocycles. The van der Waals surface area contributed by atoms with Crippen LogP contribution in [-0.4, -0.2) is 50.1 Å². The van der Waals surface area contributed by atoms with Crippen LogP contribution in [0.15, 0.2) is 23.2 Å². The number of ether oxygens (including phenoxy) is 1. The minimum atomic E-state index is -4.47. The number of rotatable bonds is 5. The molecular formula is C12H16F3N3O3S. The molecule has 0 amide bonds. The van der Waals surface area contributed by atoms with Gasteiger partial charge in [0.1, 0.15) is 4.90 Å². The summed E-state index contributed by atoms with van der Waals surface area (Å²) in [7, 11) is -3.70. The van der Waals surface area contributed by atoms with Gasteiger partial charge in [0.2, 0.25) is 15.9 Å². The summed E-state index contributed by atoms with van der Waals surface area (Å²) >= 11 is 0. The Morgan fingerprint density at radius 3 is 2.64 bits per heavy atom. The maximum Gasteiger partial charge on any atom is 0.422 e. The van der Waals surface area contributed by atoms with Crippen molar-refractivity contribution in [2.45, 2.75) is 17.5 Å². The molecule has 22 heavy (non-hydrogen) atoms. The molecule has 2 N–H and O–H groups in total. The summed E-state index contributed by atoms with van der Waals surface area (Å²) in [6.45, 7) is -0.355. The van der Waals surface area contributed by atoms with Crippen molar-refractivity contribution in [2.24, 2.45) is 11.7 Å². The highest BCUT2D eigenvalue weighted by Gasteiger charge is 2.32. The van der Waals surface area contributed by atoms with Crippen molar-refractivity contribution in [3.8, 4) is 5.88 Å². The summed E-state index contributed by atoms with van der Waals surface area (Å²) in [6.07, 6.45) is -2.79. The van der Waals surface area contributed by atoms with Crippen molar-refractivity contribution in [1.82, 2.24) is 9.29 Å². The maximum absolute atomic E-state index is 12.3. The summed E-state index contributed by atoms with van der Waals surface area (Å²) in [5.41, 5.74) is 5.52. The Labute approximate surface area is 126 Å². The number of alkyl halides is 3. The molecule has 1 aliphatic rings. The average molecular weight is 339 g/mol. The fraction of sp³-hybridized carbons (Fsp3) is 0.583. The number of sulfonamides is 1. The number of nitrogens with two attached hydrogens (primary N) is 1. The van der Waals surface area contributed by atoms with E-state index in [9.17, 15) is 21.6 Å². The van der Waals surface area contributed by atoms with E-state index in [0.29, 0.717) is 26.1 Å². The zero-order valence-electron chi connectivity index (χ0n) is 11.6.